The molecule has 0 aliphatic rings. The van der Waals surface area contributed by atoms with Crippen molar-refractivity contribution < 1.29 is 0 Å². The monoisotopic (exact) mass is 890 g/mol. The number of benzene rings is 12. The van der Waals surface area contributed by atoms with Gasteiger partial charge in [-0.05, 0) is 156 Å². The molecule has 0 bridgehead atoms. The lowest BCUT2D eigenvalue weighted by Gasteiger charge is -2.26. The summed E-state index contributed by atoms with van der Waals surface area (Å²) in [5.41, 5.74) is 18.8. The van der Waals surface area contributed by atoms with Gasteiger partial charge in [0, 0.05) is 33.5 Å². The largest absolute Gasteiger partial charge is 0.310 e. The van der Waals surface area contributed by atoms with Crippen molar-refractivity contribution in [3.05, 3.63) is 279 Å². The number of rotatable bonds is 9. The summed E-state index contributed by atoms with van der Waals surface area (Å²) in [6.07, 6.45) is 0. The Kier molecular flexibility index (Phi) is 10.2. The Morgan fingerprint density at radius 3 is 1.06 bits per heavy atom. The van der Waals surface area contributed by atoms with Gasteiger partial charge in [-0.25, -0.2) is 0 Å². The Morgan fingerprint density at radius 1 is 0.214 bits per heavy atom. The SMILES string of the molecule is c1ccc(-c2cccc(-c3c4ccccc4c(-c4cccc(N(c5ccccc5)c5ccc(-n6c7ccc(-c8ccccc8)cc7c7cc(-c8ccccc8)ccc76)cc5)c4)c4ccccc34)c2)cc1. The maximum atomic E-state index is 2.42. The zero-order valence-corrected chi connectivity index (χ0v) is 38.5. The van der Waals surface area contributed by atoms with Crippen molar-refractivity contribution in [2.75, 3.05) is 4.90 Å². The fourth-order valence-corrected chi connectivity index (χ4v) is 10.7. The molecule has 0 aliphatic carbocycles. The van der Waals surface area contributed by atoms with Crippen molar-refractivity contribution in [1.82, 2.24) is 4.57 Å². The topological polar surface area (TPSA) is 8.17 Å². The second kappa shape index (κ2) is 17.4. The van der Waals surface area contributed by atoms with E-state index in [-0.39, 0.29) is 0 Å². The second-order valence-corrected chi connectivity index (χ2v) is 18.1. The molecule has 0 N–H and O–H groups in total. The van der Waals surface area contributed by atoms with Crippen LogP contribution in [0.25, 0.3) is 105 Å². The van der Waals surface area contributed by atoms with Gasteiger partial charge in [0.2, 0.25) is 0 Å². The molecule has 0 fully saturated rings. The predicted octanol–water partition coefficient (Wildman–Crippen LogP) is 18.9. The van der Waals surface area contributed by atoms with Crippen molar-refractivity contribution in [2.45, 2.75) is 0 Å². The van der Waals surface area contributed by atoms with Gasteiger partial charge in [-0.3, -0.25) is 0 Å². The molecule has 13 aromatic rings. The Hall–Kier alpha value is -9.24. The molecule has 12 aromatic carbocycles. The van der Waals surface area contributed by atoms with Gasteiger partial charge in [0.25, 0.3) is 0 Å². The number of hydrogen-bond acceptors (Lipinski definition) is 1. The number of aromatic nitrogens is 1. The van der Waals surface area contributed by atoms with Crippen LogP contribution in [0.1, 0.15) is 0 Å². The molecule has 1 heterocycles. The van der Waals surface area contributed by atoms with E-state index in [0.717, 1.165) is 22.7 Å². The van der Waals surface area contributed by atoms with Crippen LogP contribution >= 0.6 is 0 Å². The van der Waals surface area contributed by atoms with Gasteiger partial charge < -0.3 is 9.47 Å². The number of anilines is 3. The molecule has 0 aliphatic heterocycles. The van der Waals surface area contributed by atoms with Gasteiger partial charge in [0.15, 0.2) is 0 Å². The minimum Gasteiger partial charge on any atom is -0.310 e. The Bertz CT molecular complexity index is 3870. The van der Waals surface area contributed by atoms with E-state index in [0.29, 0.717) is 0 Å². The average molecular weight is 891 g/mol. The van der Waals surface area contributed by atoms with E-state index in [1.807, 2.05) is 0 Å². The van der Waals surface area contributed by atoms with Crippen molar-refractivity contribution in [1.29, 1.82) is 0 Å². The molecule has 0 unspecified atom stereocenters. The smallest absolute Gasteiger partial charge is 0.0541 e. The lowest BCUT2D eigenvalue weighted by molar-refractivity contribution is 1.17. The molecule has 328 valence electrons. The summed E-state index contributed by atoms with van der Waals surface area (Å²) in [6.45, 7) is 0. The van der Waals surface area contributed by atoms with Gasteiger partial charge in [-0.2, -0.15) is 0 Å². The number of hydrogen-bond donors (Lipinski definition) is 0. The quantitative estimate of drug-likeness (QED) is 0.131. The second-order valence-electron chi connectivity index (χ2n) is 18.1. The van der Waals surface area contributed by atoms with E-state index < -0.39 is 0 Å². The predicted molar refractivity (Wildman–Crippen MR) is 298 cm³/mol. The normalized spacial score (nSPS) is 11.4. The van der Waals surface area contributed by atoms with Crippen molar-refractivity contribution in [3.63, 3.8) is 0 Å². The Morgan fingerprint density at radius 2 is 0.571 bits per heavy atom. The van der Waals surface area contributed by atoms with Crippen LogP contribution in [-0.2, 0) is 0 Å². The van der Waals surface area contributed by atoms with Crippen LogP contribution in [0.5, 0.6) is 0 Å². The third-order valence-electron chi connectivity index (χ3n) is 13.9. The highest BCUT2D eigenvalue weighted by Crippen LogP contribution is 2.46. The van der Waals surface area contributed by atoms with Crippen LogP contribution in [0.3, 0.4) is 0 Å². The maximum absolute atomic E-state index is 2.42. The van der Waals surface area contributed by atoms with Gasteiger partial charge >= 0.3 is 0 Å². The first-order valence-corrected chi connectivity index (χ1v) is 24.1. The average Bonchev–Trinajstić information content (AvgIpc) is 3.76. The molecule has 70 heavy (non-hydrogen) atoms. The maximum Gasteiger partial charge on any atom is 0.0541 e. The van der Waals surface area contributed by atoms with Gasteiger partial charge in [-0.1, -0.05) is 200 Å². The summed E-state index contributed by atoms with van der Waals surface area (Å²) in [5, 5.41) is 7.39. The van der Waals surface area contributed by atoms with E-state index in [1.165, 1.54) is 99.0 Å². The lowest BCUT2D eigenvalue weighted by Crippen LogP contribution is -2.10. The minimum atomic E-state index is 1.08. The van der Waals surface area contributed by atoms with E-state index in [4.69, 9.17) is 0 Å². The zero-order chi connectivity index (χ0) is 46.4. The van der Waals surface area contributed by atoms with Crippen LogP contribution < -0.4 is 4.90 Å². The van der Waals surface area contributed by atoms with E-state index in [2.05, 4.69) is 289 Å². The molecule has 13 rings (SSSR count). The molecule has 1 aromatic heterocycles. The third-order valence-corrected chi connectivity index (χ3v) is 13.9. The molecule has 0 atom stereocenters. The minimum absolute atomic E-state index is 1.08. The Balaban J connectivity index is 0.938. The molecule has 0 radical (unpaired) electrons. The van der Waals surface area contributed by atoms with E-state index >= 15 is 0 Å². The van der Waals surface area contributed by atoms with Gasteiger partial charge in [0.1, 0.15) is 0 Å². The first-order valence-electron chi connectivity index (χ1n) is 24.1. The molecule has 0 spiro atoms. The molecule has 0 amide bonds. The standard InChI is InChI=1S/C68H46N2/c1-5-19-47(20-6-1)50-25-17-26-53(43-50)67-59-31-13-15-33-61(59)68(62-34-16-14-32-60(62)67)54-27-18-30-58(44-54)69(55-28-11-4-12-29-55)56-37-39-57(40-38-56)70-65-41-35-51(48-21-7-2-8-22-48)45-63(65)64-46-52(36-42-66(64)70)49-23-9-3-10-24-49/h1-46H. The highest BCUT2D eigenvalue weighted by atomic mass is 15.1. The molecule has 2 nitrogen and oxygen atoms in total. The van der Waals surface area contributed by atoms with Crippen molar-refractivity contribution in [2.24, 2.45) is 0 Å². The number of fused-ring (bicyclic) bond motifs is 5. The molecule has 0 saturated heterocycles. The van der Waals surface area contributed by atoms with Crippen molar-refractivity contribution in [3.8, 4) is 61.3 Å². The van der Waals surface area contributed by atoms with Gasteiger partial charge in [0.05, 0.1) is 11.0 Å². The summed E-state index contributed by atoms with van der Waals surface area (Å²) in [4.78, 5) is 2.38. The summed E-state index contributed by atoms with van der Waals surface area (Å²) in [5.74, 6) is 0. The molecule has 0 saturated carbocycles. The first-order chi connectivity index (χ1) is 34.7. The highest BCUT2D eigenvalue weighted by molar-refractivity contribution is 6.21. The van der Waals surface area contributed by atoms with Crippen LogP contribution in [0, 0.1) is 0 Å². The third kappa shape index (κ3) is 7.22. The summed E-state index contributed by atoms with van der Waals surface area (Å²) in [7, 11) is 0. The van der Waals surface area contributed by atoms with Crippen LogP contribution in [0.2, 0.25) is 0 Å². The van der Waals surface area contributed by atoms with E-state index in [1.54, 1.807) is 0 Å². The van der Waals surface area contributed by atoms with Gasteiger partial charge in [-0.15, -0.1) is 0 Å². The Labute approximate surface area is 408 Å². The van der Waals surface area contributed by atoms with Crippen LogP contribution in [-0.4, -0.2) is 4.57 Å². The first kappa shape index (κ1) is 41.0. The van der Waals surface area contributed by atoms with E-state index in [9.17, 15) is 0 Å². The van der Waals surface area contributed by atoms with Crippen LogP contribution in [0.4, 0.5) is 17.1 Å². The molecule has 2 heteroatoms. The fourth-order valence-electron chi connectivity index (χ4n) is 10.7. The molecular formula is C68H46N2. The molecular weight excluding hydrogens is 845 g/mol. The summed E-state index contributed by atoms with van der Waals surface area (Å²) >= 11 is 0. The summed E-state index contributed by atoms with van der Waals surface area (Å²) < 4.78 is 2.42. The van der Waals surface area contributed by atoms with Crippen molar-refractivity contribution >= 4 is 60.4 Å². The summed E-state index contributed by atoms with van der Waals surface area (Å²) in [6, 6.07) is 102. The fraction of sp³-hybridized carbons (Fsp3) is 0. The highest BCUT2D eigenvalue weighted by Gasteiger charge is 2.20. The zero-order valence-electron chi connectivity index (χ0n) is 38.5. The lowest BCUT2D eigenvalue weighted by atomic mass is 9.85. The number of nitrogens with zero attached hydrogens (tertiary/aromatic N) is 2. The number of para-hydroxylation sites is 1. The van der Waals surface area contributed by atoms with Crippen LogP contribution in [0.15, 0.2) is 279 Å².